The highest BCUT2D eigenvalue weighted by Gasteiger charge is 2.22. The zero-order valence-corrected chi connectivity index (χ0v) is 15.4. The smallest absolute Gasteiger partial charge is 0.343 e. The molecular weight excluding hydrogens is 367 g/mol. The van der Waals surface area contributed by atoms with Gasteiger partial charge >= 0.3 is 5.97 Å². The van der Waals surface area contributed by atoms with E-state index >= 15 is 0 Å². The minimum Gasteiger partial charge on any atom is -0.452 e. The van der Waals surface area contributed by atoms with Crippen molar-refractivity contribution in [2.24, 2.45) is 0 Å². The van der Waals surface area contributed by atoms with Crippen molar-refractivity contribution in [3.63, 3.8) is 0 Å². The van der Waals surface area contributed by atoms with Crippen LogP contribution in [-0.4, -0.2) is 33.2 Å². The molecule has 0 saturated heterocycles. The van der Waals surface area contributed by atoms with Gasteiger partial charge in [0, 0.05) is 12.7 Å². The summed E-state index contributed by atoms with van der Waals surface area (Å²) in [5, 5.41) is 7.11. The Morgan fingerprint density at radius 3 is 2.80 bits per heavy atom. The van der Waals surface area contributed by atoms with E-state index in [4.69, 9.17) is 27.9 Å². The molecule has 2 rings (SSSR count). The standard InChI is InChI=1S/C16H18Cl2N4O3/c1-3-4-8-22-15(18)13(10(2)21-22)16(24)25-9-12(23)20-11-6-5-7-19-14(11)17/h5-7H,3-4,8-9H2,1-2H3,(H,20,23). The lowest BCUT2D eigenvalue weighted by molar-refractivity contribution is -0.119. The summed E-state index contributed by atoms with van der Waals surface area (Å²) in [5.74, 6) is -1.23. The van der Waals surface area contributed by atoms with Crippen LogP contribution in [0.15, 0.2) is 18.3 Å². The number of rotatable bonds is 7. The minimum absolute atomic E-state index is 0.151. The van der Waals surface area contributed by atoms with Crippen molar-refractivity contribution >= 4 is 40.8 Å². The zero-order chi connectivity index (χ0) is 18.4. The first-order valence-corrected chi connectivity index (χ1v) is 8.50. The molecule has 25 heavy (non-hydrogen) atoms. The number of hydrogen-bond donors (Lipinski definition) is 1. The third kappa shape index (κ3) is 4.93. The van der Waals surface area contributed by atoms with Crippen molar-refractivity contribution in [2.45, 2.75) is 33.2 Å². The van der Waals surface area contributed by atoms with E-state index in [-0.39, 0.29) is 15.9 Å². The first kappa shape index (κ1) is 19.2. The van der Waals surface area contributed by atoms with Crippen LogP contribution in [0.5, 0.6) is 0 Å². The maximum absolute atomic E-state index is 12.2. The second-order valence-electron chi connectivity index (χ2n) is 5.29. The number of unbranched alkanes of at least 4 members (excludes halogenated alkanes) is 1. The van der Waals surface area contributed by atoms with Crippen LogP contribution in [0.1, 0.15) is 35.8 Å². The summed E-state index contributed by atoms with van der Waals surface area (Å²) in [6.45, 7) is 3.86. The second kappa shape index (κ2) is 8.82. The number of halogens is 2. The molecule has 2 aromatic heterocycles. The largest absolute Gasteiger partial charge is 0.452 e. The molecule has 0 aliphatic rings. The summed E-state index contributed by atoms with van der Waals surface area (Å²) >= 11 is 12.1. The topological polar surface area (TPSA) is 86.1 Å². The van der Waals surface area contributed by atoms with Gasteiger partial charge < -0.3 is 10.1 Å². The van der Waals surface area contributed by atoms with E-state index in [0.717, 1.165) is 12.8 Å². The lowest BCUT2D eigenvalue weighted by atomic mass is 10.3. The number of amides is 1. The van der Waals surface area contributed by atoms with E-state index < -0.39 is 18.5 Å². The minimum atomic E-state index is -0.697. The van der Waals surface area contributed by atoms with Crippen molar-refractivity contribution in [3.8, 4) is 0 Å². The summed E-state index contributed by atoms with van der Waals surface area (Å²) in [4.78, 5) is 27.9. The number of pyridine rings is 1. The monoisotopic (exact) mass is 384 g/mol. The molecular formula is C16H18Cl2N4O3. The Labute approximate surface area is 155 Å². The fraction of sp³-hybridized carbons (Fsp3) is 0.375. The van der Waals surface area contributed by atoms with Gasteiger partial charge in [0.15, 0.2) is 11.8 Å². The average Bonchev–Trinajstić information content (AvgIpc) is 2.86. The molecule has 0 fully saturated rings. The molecule has 1 N–H and O–H groups in total. The first-order chi connectivity index (χ1) is 11.9. The molecule has 0 saturated carbocycles. The molecule has 9 heteroatoms. The molecule has 0 radical (unpaired) electrons. The third-order valence-corrected chi connectivity index (χ3v) is 4.05. The summed E-state index contributed by atoms with van der Waals surface area (Å²) in [7, 11) is 0. The normalized spacial score (nSPS) is 10.6. The molecule has 0 aliphatic carbocycles. The van der Waals surface area contributed by atoms with Crippen LogP contribution in [0, 0.1) is 6.92 Å². The van der Waals surface area contributed by atoms with Gasteiger partial charge in [0.05, 0.1) is 11.4 Å². The van der Waals surface area contributed by atoms with E-state index in [1.54, 1.807) is 23.7 Å². The van der Waals surface area contributed by atoms with Crippen LogP contribution in [0.2, 0.25) is 10.3 Å². The predicted octanol–water partition coefficient (Wildman–Crippen LogP) is 3.49. The predicted molar refractivity (Wildman–Crippen MR) is 95.0 cm³/mol. The fourth-order valence-electron chi connectivity index (χ4n) is 2.11. The van der Waals surface area contributed by atoms with Gasteiger partial charge in [-0.05, 0) is 25.5 Å². The number of nitrogens with zero attached hydrogens (tertiary/aromatic N) is 3. The summed E-state index contributed by atoms with van der Waals surface area (Å²) in [6, 6.07) is 3.22. The first-order valence-electron chi connectivity index (χ1n) is 7.74. The average molecular weight is 385 g/mol. The molecule has 2 aromatic rings. The molecule has 0 atom stereocenters. The molecule has 1 amide bonds. The van der Waals surface area contributed by atoms with E-state index in [9.17, 15) is 9.59 Å². The number of hydrogen-bond acceptors (Lipinski definition) is 5. The van der Waals surface area contributed by atoms with E-state index in [0.29, 0.717) is 17.9 Å². The van der Waals surface area contributed by atoms with Gasteiger partial charge in [-0.2, -0.15) is 5.10 Å². The van der Waals surface area contributed by atoms with Gasteiger partial charge in [-0.25, -0.2) is 9.78 Å². The van der Waals surface area contributed by atoms with Crippen molar-refractivity contribution in [3.05, 3.63) is 39.9 Å². The Bertz CT molecular complexity index is 777. The second-order valence-corrected chi connectivity index (χ2v) is 6.01. The maximum atomic E-state index is 12.2. The maximum Gasteiger partial charge on any atom is 0.343 e. The fourth-order valence-corrected chi connectivity index (χ4v) is 2.61. The Morgan fingerprint density at radius 2 is 2.12 bits per heavy atom. The summed E-state index contributed by atoms with van der Waals surface area (Å²) in [5.41, 5.74) is 0.971. The van der Waals surface area contributed by atoms with Crippen molar-refractivity contribution in [1.29, 1.82) is 0 Å². The molecule has 0 unspecified atom stereocenters. The van der Waals surface area contributed by atoms with E-state index in [1.165, 1.54) is 6.20 Å². The number of anilines is 1. The molecule has 0 bridgehead atoms. The lowest BCUT2D eigenvalue weighted by Gasteiger charge is -2.07. The Morgan fingerprint density at radius 1 is 1.36 bits per heavy atom. The molecule has 7 nitrogen and oxygen atoms in total. The Hall–Kier alpha value is -2.12. The summed E-state index contributed by atoms with van der Waals surface area (Å²) < 4.78 is 6.59. The van der Waals surface area contributed by atoms with Gasteiger partial charge in [-0.1, -0.05) is 36.5 Å². The highest BCUT2D eigenvalue weighted by atomic mass is 35.5. The van der Waals surface area contributed by atoms with Gasteiger partial charge in [0.1, 0.15) is 10.7 Å². The van der Waals surface area contributed by atoms with Crippen LogP contribution >= 0.6 is 23.2 Å². The van der Waals surface area contributed by atoms with Crippen molar-refractivity contribution in [2.75, 3.05) is 11.9 Å². The summed E-state index contributed by atoms with van der Waals surface area (Å²) in [6.07, 6.45) is 3.37. The molecule has 134 valence electrons. The molecule has 0 aliphatic heterocycles. The Balaban J connectivity index is 1.97. The van der Waals surface area contributed by atoms with E-state index in [1.807, 2.05) is 6.92 Å². The van der Waals surface area contributed by atoms with Crippen LogP contribution in [-0.2, 0) is 16.1 Å². The number of carbonyl (C=O) groups is 2. The number of aromatic nitrogens is 3. The number of aryl methyl sites for hydroxylation is 2. The van der Waals surface area contributed by atoms with Crippen LogP contribution < -0.4 is 5.32 Å². The van der Waals surface area contributed by atoms with Crippen LogP contribution in [0.3, 0.4) is 0 Å². The number of ether oxygens (including phenoxy) is 1. The Kier molecular flexibility index (Phi) is 6.78. The van der Waals surface area contributed by atoms with Crippen molar-refractivity contribution < 1.29 is 14.3 Å². The van der Waals surface area contributed by atoms with Crippen molar-refractivity contribution in [1.82, 2.24) is 14.8 Å². The number of nitrogens with one attached hydrogen (secondary N) is 1. The zero-order valence-electron chi connectivity index (χ0n) is 13.9. The SMILES string of the molecule is CCCCn1nc(C)c(C(=O)OCC(=O)Nc2cccnc2Cl)c1Cl. The third-order valence-electron chi connectivity index (χ3n) is 3.36. The van der Waals surface area contributed by atoms with Crippen LogP contribution in [0.25, 0.3) is 0 Å². The quantitative estimate of drug-likeness (QED) is 0.583. The lowest BCUT2D eigenvalue weighted by Crippen LogP contribution is -2.21. The molecule has 2 heterocycles. The molecule has 0 aromatic carbocycles. The highest BCUT2D eigenvalue weighted by Crippen LogP contribution is 2.21. The van der Waals surface area contributed by atoms with Gasteiger partial charge in [0.25, 0.3) is 5.91 Å². The van der Waals surface area contributed by atoms with Gasteiger partial charge in [0.2, 0.25) is 0 Å². The number of esters is 1. The van der Waals surface area contributed by atoms with Gasteiger partial charge in [-0.3, -0.25) is 9.48 Å². The van der Waals surface area contributed by atoms with Crippen LogP contribution in [0.4, 0.5) is 5.69 Å². The highest BCUT2D eigenvalue weighted by molar-refractivity contribution is 6.33. The number of carbonyl (C=O) groups excluding carboxylic acids is 2. The van der Waals surface area contributed by atoms with Gasteiger partial charge in [-0.15, -0.1) is 0 Å². The van der Waals surface area contributed by atoms with E-state index in [2.05, 4.69) is 15.4 Å². The molecule has 0 spiro atoms.